The van der Waals surface area contributed by atoms with Crippen LogP contribution in [-0.2, 0) is 32.6 Å². The Morgan fingerprint density at radius 3 is 2.24 bits per heavy atom. The number of carbonyl (C=O) groups is 2. The van der Waals surface area contributed by atoms with Crippen LogP contribution in [0.2, 0.25) is 0 Å². The zero-order valence-electron chi connectivity index (χ0n) is 25.0. The van der Waals surface area contributed by atoms with Crippen molar-refractivity contribution >= 4 is 27.5 Å². The summed E-state index contributed by atoms with van der Waals surface area (Å²) in [5, 5.41) is 3.23. The van der Waals surface area contributed by atoms with Gasteiger partial charge < -0.3 is 10.2 Å². The zero-order chi connectivity index (χ0) is 30.1. The van der Waals surface area contributed by atoms with Crippen LogP contribution in [-0.4, -0.2) is 50.0 Å². The molecule has 1 aliphatic carbocycles. The summed E-state index contributed by atoms with van der Waals surface area (Å²) in [6.45, 7) is 4.35. The summed E-state index contributed by atoms with van der Waals surface area (Å²) in [7, 11) is -3.55. The van der Waals surface area contributed by atoms with E-state index in [9.17, 15) is 18.0 Å². The van der Waals surface area contributed by atoms with Crippen LogP contribution in [0.15, 0.2) is 78.9 Å². The van der Waals surface area contributed by atoms with Gasteiger partial charge >= 0.3 is 0 Å². The predicted octanol–water partition coefficient (Wildman–Crippen LogP) is 5.55. The Morgan fingerprint density at radius 1 is 0.905 bits per heavy atom. The molecule has 0 spiro atoms. The Hall–Kier alpha value is -3.65. The number of benzene rings is 3. The number of para-hydroxylation sites is 1. The number of anilines is 1. The first-order valence-corrected chi connectivity index (χ1v) is 16.7. The van der Waals surface area contributed by atoms with Crippen LogP contribution >= 0.6 is 0 Å². The molecule has 0 bridgehead atoms. The Balaban J connectivity index is 1.59. The molecule has 1 atom stereocenters. The van der Waals surface area contributed by atoms with Crippen molar-refractivity contribution < 1.29 is 18.0 Å². The van der Waals surface area contributed by atoms with Crippen LogP contribution in [0.1, 0.15) is 60.8 Å². The molecule has 8 heteroatoms. The summed E-state index contributed by atoms with van der Waals surface area (Å²) >= 11 is 0. The minimum absolute atomic E-state index is 0.117. The first-order valence-electron chi connectivity index (χ1n) is 14.8. The first-order chi connectivity index (χ1) is 20.1. The standard InChI is InChI=1S/C34H43N3O4S/c1-26-13-11-17-29(23-26)25-36(32(24-28-15-5-4-6-16-28)34(39)35-30-18-8-9-19-30)33(38)21-12-22-37(42(3,40)41)31-20-10-7-14-27(31)2/h4-7,10-11,13-17,20,23,30,32H,8-9,12,18-19,21-22,24-25H2,1-3H3,(H,35,39)/t32-/m1/s1. The molecule has 1 saturated carbocycles. The third-order valence-electron chi connectivity index (χ3n) is 7.94. The Bertz CT molecular complexity index is 1450. The molecule has 42 heavy (non-hydrogen) atoms. The van der Waals surface area contributed by atoms with E-state index in [1.165, 1.54) is 10.6 Å². The average Bonchev–Trinajstić information content (AvgIpc) is 3.46. The lowest BCUT2D eigenvalue weighted by Gasteiger charge is -2.33. The third-order valence-corrected chi connectivity index (χ3v) is 9.12. The van der Waals surface area contributed by atoms with Gasteiger partial charge in [0.2, 0.25) is 21.8 Å². The number of amides is 2. The lowest BCUT2D eigenvalue weighted by molar-refractivity contribution is -0.141. The number of carbonyl (C=O) groups excluding carboxylic acids is 2. The average molecular weight is 590 g/mol. The van der Waals surface area contributed by atoms with Gasteiger partial charge in [-0.25, -0.2) is 8.42 Å². The van der Waals surface area contributed by atoms with Gasteiger partial charge in [-0.05, 0) is 55.9 Å². The lowest BCUT2D eigenvalue weighted by Crippen LogP contribution is -2.52. The van der Waals surface area contributed by atoms with Crippen molar-refractivity contribution in [1.82, 2.24) is 10.2 Å². The van der Waals surface area contributed by atoms with Crippen LogP contribution < -0.4 is 9.62 Å². The van der Waals surface area contributed by atoms with Crippen LogP contribution in [0.25, 0.3) is 0 Å². The SMILES string of the molecule is Cc1cccc(CN(C(=O)CCCN(c2ccccc2C)S(C)(=O)=O)[C@H](Cc2ccccc2)C(=O)NC2CCCC2)c1. The number of nitrogens with zero attached hydrogens (tertiary/aromatic N) is 2. The molecule has 2 amide bonds. The van der Waals surface area contributed by atoms with E-state index in [1.807, 2.05) is 86.6 Å². The molecule has 3 aromatic carbocycles. The van der Waals surface area contributed by atoms with Crippen molar-refractivity contribution in [2.24, 2.45) is 0 Å². The van der Waals surface area contributed by atoms with Crippen molar-refractivity contribution in [3.63, 3.8) is 0 Å². The second-order valence-electron chi connectivity index (χ2n) is 11.4. The summed E-state index contributed by atoms with van der Waals surface area (Å²) in [5.74, 6) is -0.304. The van der Waals surface area contributed by atoms with E-state index in [1.54, 1.807) is 11.0 Å². The van der Waals surface area contributed by atoms with Gasteiger partial charge in [0.1, 0.15) is 6.04 Å². The molecule has 0 heterocycles. The Labute approximate surface area is 251 Å². The molecule has 0 unspecified atom stereocenters. The summed E-state index contributed by atoms with van der Waals surface area (Å²) in [6.07, 6.45) is 6.13. The second kappa shape index (κ2) is 14.5. The highest BCUT2D eigenvalue weighted by Crippen LogP contribution is 2.24. The summed E-state index contributed by atoms with van der Waals surface area (Å²) < 4.78 is 26.8. The summed E-state index contributed by atoms with van der Waals surface area (Å²) in [5.41, 5.74) is 4.47. The van der Waals surface area contributed by atoms with Crippen LogP contribution in [0.5, 0.6) is 0 Å². The van der Waals surface area contributed by atoms with E-state index in [0.29, 0.717) is 25.1 Å². The molecular weight excluding hydrogens is 546 g/mol. The number of rotatable bonds is 13. The topological polar surface area (TPSA) is 86.8 Å². The minimum atomic E-state index is -3.55. The molecule has 1 fully saturated rings. The fourth-order valence-corrected chi connectivity index (χ4v) is 6.78. The van der Waals surface area contributed by atoms with E-state index < -0.39 is 16.1 Å². The van der Waals surface area contributed by atoms with Crippen molar-refractivity contribution in [3.8, 4) is 0 Å². The highest BCUT2D eigenvalue weighted by atomic mass is 32.2. The monoisotopic (exact) mass is 589 g/mol. The third kappa shape index (κ3) is 8.68. The highest BCUT2D eigenvalue weighted by molar-refractivity contribution is 7.92. The van der Waals surface area contributed by atoms with Crippen LogP contribution in [0, 0.1) is 13.8 Å². The number of sulfonamides is 1. The van der Waals surface area contributed by atoms with Crippen molar-refractivity contribution in [1.29, 1.82) is 0 Å². The molecule has 1 aliphatic rings. The van der Waals surface area contributed by atoms with Gasteiger partial charge in [-0.1, -0.05) is 91.2 Å². The molecule has 224 valence electrons. The zero-order valence-corrected chi connectivity index (χ0v) is 25.8. The predicted molar refractivity (Wildman–Crippen MR) is 169 cm³/mol. The van der Waals surface area contributed by atoms with Gasteiger partial charge in [-0.3, -0.25) is 13.9 Å². The molecule has 7 nitrogen and oxygen atoms in total. The van der Waals surface area contributed by atoms with Crippen molar-refractivity contribution in [3.05, 3.63) is 101 Å². The maximum Gasteiger partial charge on any atom is 0.243 e. The fourth-order valence-electron chi connectivity index (χ4n) is 5.75. The number of hydrogen-bond donors (Lipinski definition) is 1. The minimum Gasteiger partial charge on any atom is -0.352 e. The molecule has 4 rings (SSSR count). The normalized spacial score (nSPS) is 14.4. The number of nitrogens with one attached hydrogen (secondary N) is 1. The molecule has 0 aliphatic heterocycles. The largest absolute Gasteiger partial charge is 0.352 e. The molecule has 0 saturated heterocycles. The van der Waals surface area contributed by atoms with Gasteiger partial charge in [0.05, 0.1) is 11.9 Å². The van der Waals surface area contributed by atoms with E-state index in [-0.39, 0.29) is 30.8 Å². The highest BCUT2D eigenvalue weighted by Gasteiger charge is 2.32. The lowest BCUT2D eigenvalue weighted by atomic mass is 10.0. The van der Waals surface area contributed by atoms with Gasteiger partial charge in [0.15, 0.2) is 0 Å². The van der Waals surface area contributed by atoms with E-state index in [2.05, 4.69) is 5.32 Å². The van der Waals surface area contributed by atoms with E-state index >= 15 is 0 Å². The number of aryl methyl sites for hydroxylation is 2. The molecule has 0 aromatic heterocycles. The van der Waals surface area contributed by atoms with E-state index in [0.717, 1.165) is 47.9 Å². The van der Waals surface area contributed by atoms with Crippen LogP contribution in [0.4, 0.5) is 5.69 Å². The molecule has 1 N–H and O–H groups in total. The van der Waals surface area contributed by atoms with Gasteiger partial charge in [0, 0.05) is 32.0 Å². The fraction of sp³-hybridized carbons (Fsp3) is 0.412. The van der Waals surface area contributed by atoms with E-state index in [4.69, 9.17) is 0 Å². The second-order valence-corrected chi connectivity index (χ2v) is 13.3. The maximum absolute atomic E-state index is 14.0. The van der Waals surface area contributed by atoms with Gasteiger partial charge in [0.25, 0.3) is 0 Å². The quantitative estimate of drug-likeness (QED) is 0.283. The summed E-state index contributed by atoms with van der Waals surface area (Å²) in [6, 6.07) is 24.6. The number of hydrogen-bond acceptors (Lipinski definition) is 4. The van der Waals surface area contributed by atoms with Gasteiger partial charge in [-0.15, -0.1) is 0 Å². The Kier molecular flexibility index (Phi) is 10.8. The molecule has 3 aromatic rings. The van der Waals surface area contributed by atoms with Crippen LogP contribution in [0.3, 0.4) is 0 Å². The maximum atomic E-state index is 14.0. The molecule has 0 radical (unpaired) electrons. The van der Waals surface area contributed by atoms with Gasteiger partial charge in [-0.2, -0.15) is 0 Å². The first kappa shape index (κ1) is 31.3. The van der Waals surface area contributed by atoms with Crippen molar-refractivity contribution in [2.75, 3.05) is 17.1 Å². The van der Waals surface area contributed by atoms with Crippen molar-refractivity contribution in [2.45, 2.75) is 77.4 Å². The summed E-state index contributed by atoms with van der Waals surface area (Å²) in [4.78, 5) is 29.6. The molecular formula is C34H43N3O4S. The Morgan fingerprint density at radius 2 is 1.57 bits per heavy atom. The smallest absolute Gasteiger partial charge is 0.243 e.